The van der Waals surface area contributed by atoms with E-state index in [1.165, 1.54) is 5.56 Å². The first-order valence-corrected chi connectivity index (χ1v) is 8.15. The first-order valence-electron chi connectivity index (χ1n) is 8.15. The summed E-state index contributed by atoms with van der Waals surface area (Å²) in [5.74, 6) is 1.46. The SMILES string of the molecule is CC(Nc1nc(-c2ccncc2)nc2cnccc12)c1ccccc1. The highest BCUT2D eigenvalue weighted by atomic mass is 15.1. The number of pyridine rings is 2. The standard InChI is InChI=1S/C20H17N5/c1-14(15-5-3-2-4-6-15)23-20-17-9-12-22-13-18(17)24-19(25-20)16-7-10-21-11-8-16/h2-14H,1H3,(H,23,24,25). The van der Waals surface area contributed by atoms with Crippen LogP contribution in [0.3, 0.4) is 0 Å². The molecule has 0 aliphatic heterocycles. The normalized spacial score (nSPS) is 12.0. The number of fused-ring (bicyclic) bond motifs is 1. The first kappa shape index (κ1) is 15.2. The fourth-order valence-corrected chi connectivity index (χ4v) is 2.75. The van der Waals surface area contributed by atoms with Crippen LogP contribution in [-0.4, -0.2) is 19.9 Å². The Morgan fingerprint density at radius 1 is 0.840 bits per heavy atom. The van der Waals surface area contributed by atoms with Gasteiger partial charge in [-0.2, -0.15) is 0 Å². The average Bonchev–Trinajstić information content (AvgIpc) is 2.69. The predicted octanol–water partition coefficient (Wildman–Crippen LogP) is 4.26. The first-order chi connectivity index (χ1) is 12.3. The number of benzene rings is 1. The van der Waals surface area contributed by atoms with Gasteiger partial charge >= 0.3 is 0 Å². The van der Waals surface area contributed by atoms with Gasteiger partial charge in [-0.25, -0.2) is 9.97 Å². The highest BCUT2D eigenvalue weighted by Crippen LogP contribution is 2.27. The van der Waals surface area contributed by atoms with Gasteiger partial charge < -0.3 is 5.32 Å². The van der Waals surface area contributed by atoms with E-state index in [9.17, 15) is 0 Å². The van der Waals surface area contributed by atoms with E-state index < -0.39 is 0 Å². The van der Waals surface area contributed by atoms with E-state index in [4.69, 9.17) is 4.98 Å². The van der Waals surface area contributed by atoms with Crippen molar-refractivity contribution in [3.05, 3.63) is 78.9 Å². The van der Waals surface area contributed by atoms with Gasteiger partial charge in [0.25, 0.3) is 0 Å². The fourth-order valence-electron chi connectivity index (χ4n) is 2.75. The van der Waals surface area contributed by atoms with Gasteiger partial charge in [-0.3, -0.25) is 9.97 Å². The number of rotatable bonds is 4. The maximum absolute atomic E-state index is 4.76. The smallest absolute Gasteiger partial charge is 0.162 e. The highest BCUT2D eigenvalue weighted by molar-refractivity contribution is 5.90. The molecule has 4 rings (SSSR count). The molecule has 0 radical (unpaired) electrons. The van der Waals surface area contributed by atoms with Crippen LogP contribution < -0.4 is 5.32 Å². The van der Waals surface area contributed by atoms with Crippen LogP contribution in [0.1, 0.15) is 18.5 Å². The van der Waals surface area contributed by atoms with Crippen LogP contribution in [0.15, 0.2) is 73.3 Å². The average molecular weight is 327 g/mol. The summed E-state index contributed by atoms with van der Waals surface area (Å²) in [5, 5.41) is 4.47. The Balaban J connectivity index is 1.79. The largest absolute Gasteiger partial charge is 0.363 e. The number of hydrogen-bond acceptors (Lipinski definition) is 5. The number of aromatic nitrogens is 4. The van der Waals surface area contributed by atoms with Crippen molar-refractivity contribution in [2.24, 2.45) is 0 Å². The maximum atomic E-state index is 4.76. The zero-order valence-electron chi connectivity index (χ0n) is 13.8. The summed E-state index contributed by atoms with van der Waals surface area (Å²) in [6, 6.07) is 16.2. The molecule has 0 bridgehead atoms. The molecule has 1 atom stereocenters. The molecule has 0 amide bonds. The van der Waals surface area contributed by atoms with E-state index in [0.717, 1.165) is 22.3 Å². The van der Waals surface area contributed by atoms with E-state index in [1.807, 2.05) is 36.4 Å². The Hall–Kier alpha value is -3.34. The second-order valence-electron chi connectivity index (χ2n) is 5.80. The molecule has 5 heteroatoms. The van der Waals surface area contributed by atoms with Crippen molar-refractivity contribution in [3.8, 4) is 11.4 Å². The minimum absolute atomic E-state index is 0.123. The van der Waals surface area contributed by atoms with Crippen LogP contribution in [0.4, 0.5) is 5.82 Å². The molecule has 122 valence electrons. The Labute approximate surface area is 145 Å². The predicted molar refractivity (Wildman–Crippen MR) is 99.0 cm³/mol. The molecule has 0 aliphatic carbocycles. The van der Waals surface area contributed by atoms with Crippen LogP contribution in [0.25, 0.3) is 22.3 Å². The van der Waals surface area contributed by atoms with Crippen LogP contribution in [0, 0.1) is 0 Å². The van der Waals surface area contributed by atoms with Crippen LogP contribution >= 0.6 is 0 Å². The topological polar surface area (TPSA) is 63.6 Å². The lowest BCUT2D eigenvalue weighted by Gasteiger charge is -2.17. The molecule has 25 heavy (non-hydrogen) atoms. The zero-order valence-corrected chi connectivity index (χ0v) is 13.8. The summed E-state index contributed by atoms with van der Waals surface area (Å²) in [4.78, 5) is 17.7. The van der Waals surface area contributed by atoms with Crippen molar-refractivity contribution in [1.82, 2.24) is 19.9 Å². The van der Waals surface area contributed by atoms with Gasteiger partial charge in [0.15, 0.2) is 5.82 Å². The number of hydrogen-bond donors (Lipinski definition) is 1. The molecule has 1 aromatic carbocycles. The molecule has 4 aromatic rings. The van der Waals surface area contributed by atoms with Crippen LogP contribution in [0.5, 0.6) is 0 Å². The zero-order chi connectivity index (χ0) is 17.1. The van der Waals surface area contributed by atoms with E-state index >= 15 is 0 Å². The summed E-state index contributed by atoms with van der Waals surface area (Å²) in [5.41, 5.74) is 2.94. The van der Waals surface area contributed by atoms with E-state index in [2.05, 4.69) is 39.3 Å². The van der Waals surface area contributed by atoms with E-state index in [-0.39, 0.29) is 6.04 Å². The van der Waals surface area contributed by atoms with Gasteiger partial charge in [0.05, 0.1) is 11.7 Å². The van der Waals surface area contributed by atoms with Crippen molar-refractivity contribution < 1.29 is 0 Å². The lowest BCUT2D eigenvalue weighted by atomic mass is 10.1. The van der Waals surface area contributed by atoms with Crippen molar-refractivity contribution in [2.45, 2.75) is 13.0 Å². The Bertz CT molecular complexity index is 987. The number of nitrogens with one attached hydrogen (secondary N) is 1. The third-order valence-electron chi connectivity index (χ3n) is 4.09. The lowest BCUT2D eigenvalue weighted by Crippen LogP contribution is -2.09. The van der Waals surface area contributed by atoms with Crippen molar-refractivity contribution >= 4 is 16.7 Å². The minimum Gasteiger partial charge on any atom is -0.363 e. The maximum Gasteiger partial charge on any atom is 0.162 e. The van der Waals surface area contributed by atoms with E-state index in [1.54, 1.807) is 24.8 Å². The minimum atomic E-state index is 0.123. The number of anilines is 1. The third kappa shape index (κ3) is 3.17. The summed E-state index contributed by atoms with van der Waals surface area (Å²) < 4.78 is 0. The molecule has 0 spiro atoms. The summed E-state index contributed by atoms with van der Waals surface area (Å²) in [6.45, 7) is 2.12. The molecule has 5 nitrogen and oxygen atoms in total. The molecule has 0 saturated heterocycles. The van der Waals surface area contributed by atoms with Gasteiger partial charge in [-0.1, -0.05) is 30.3 Å². The third-order valence-corrected chi connectivity index (χ3v) is 4.09. The van der Waals surface area contributed by atoms with Gasteiger partial charge in [0.2, 0.25) is 0 Å². The molecule has 1 N–H and O–H groups in total. The van der Waals surface area contributed by atoms with Gasteiger partial charge in [-0.05, 0) is 30.7 Å². The molecule has 3 heterocycles. The molecular formula is C20H17N5. The second kappa shape index (κ2) is 6.65. The quantitative estimate of drug-likeness (QED) is 0.607. The molecule has 0 fully saturated rings. The van der Waals surface area contributed by atoms with Crippen molar-refractivity contribution in [2.75, 3.05) is 5.32 Å². The molecule has 0 saturated carbocycles. The van der Waals surface area contributed by atoms with Gasteiger partial charge in [0.1, 0.15) is 5.82 Å². The molecule has 3 aromatic heterocycles. The number of nitrogens with zero attached hydrogens (tertiary/aromatic N) is 4. The van der Waals surface area contributed by atoms with E-state index in [0.29, 0.717) is 5.82 Å². The summed E-state index contributed by atoms with van der Waals surface area (Å²) in [7, 11) is 0. The van der Waals surface area contributed by atoms with Crippen molar-refractivity contribution in [1.29, 1.82) is 0 Å². The highest BCUT2D eigenvalue weighted by Gasteiger charge is 2.12. The van der Waals surface area contributed by atoms with Crippen LogP contribution in [0.2, 0.25) is 0 Å². The Morgan fingerprint density at radius 2 is 1.60 bits per heavy atom. The lowest BCUT2D eigenvalue weighted by molar-refractivity contribution is 0.876. The summed E-state index contributed by atoms with van der Waals surface area (Å²) in [6.07, 6.45) is 7.01. The second-order valence-corrected chi connectivity index (χ2v) is 5.80. The van der Waals surface area contributed by atoms with Gasteiger partial charge in [-0.15, -0.1) is 0 Å². The van der Waals surface area contributed by atoms with Gasteiger partial charge in [0, 0.05) is 35.6 Å². The van der Waals surface area contributed by atoms with Crippen LogP contribution in [-0.2, 0) is 0 Å². The molecule has 1 unspecified atom stereocenters. The summed E-state index contributed by atoms with van der Waals surface area (Å²) >= 11 is 0. The molecule has 0 aliphatic rings. The molecular weight excluding hydrogens is 310 g/mol. The Morgan fingerprint density at radius 3 is 2.40 bits per heavy atom. The Kier molecular flexibility index (Phi) is 4.04. The van der Waals surface area contributed by atoms with Crippen molar-refractivity contribution in [3.63, 3.8) is 0 Å². The monoisotopic (exact) mass is 327 g/mol. The fraction of sp³-hybridized carbons (Fsp3) is 0.100.